The molecule has 1 saturated carbocycles. The minimum Gasteiger partial charge on any atom is -0.310 e. The Labute approximate surface area is 127 Å². The van der Waals surface area contributed by atoms with Gasteiger partial charge in [-0.05, 0) is 57.2 Å². The molecule has 3 rings (SSSR count). The standard InChI is InChI=1S/C17H25ClN2/c1-13-9-10-19-17(2,15-7-8-15)12-20(13)11-14-5-3-4-6-16(14)18/h3-6,13,15,19H,7-12H2,1-2H3. The minimum atomic E-state index is 0.284. The van der Waals surface area contributed by atoms with Gasteiger partial charge in [-0.1, -0.05) is 29.8 Å². The van der Waals surface area contributed by atoms with Crippen LogP contribution in [0, 0.1) is 5.92 Å². The Hall–Kier alpha value is -0.570. The largest absolute Gasteiger partial charge is 0.310 e. The van der Waals surface area contributed by atoms with Crippen LogP contribution in [0.4, 0.5) is 0 Å². The summed E-state index contributed by atoms with van der Waals surface area (Å²) in [4.78, 5) is 2.61. The van der Waals surface area contributed by atoms with Crippen LogP contribution in [0.25, 0.3) is 0 Å². The SMILES string of the molecule is CC1CCNC(C)(C2CC2)CN1Cc1ccccc1Cl. The molecule has 2 fully saturated rings. The van der Waals surface area contributed by atoms with Gasteiger partial charge in [0.05, 0.1) is 0 Å². The van der Waals surface area contributed by atoms with E-state index in [2.05, 4.69) is 36.2 Å². The van der Waals surface area contributed by atoms with Crippen molar-refractivity contribution in [1.82, 2.24) is 10.2 Å². The summed E-state index contributed by atoms with van der Waals surface area (Å²) >= 11 is 6.34. The first-order valence-corrected chi connectivity index (χ1v) is 8.19. The molecule has 1 saturated heterocycles. The predicted molar refractivity (Wildman–Crippen MR) is 85.1 cm³/mol. The van der Waals surface area contributed by atoms with Gasteiger partial charge in [0.1, 0.15) is 0 Å². The van der Waals surface area contributed by atoms with Crippen LogP contribution < -0.4 is 5.32 Å². The summed E-state index contributed by atoms with van der Waals surface area (Å²) in [6.45, 7) is 7.97. The van der Waals surface area contributed by atoms with Crippen LogP contribution in [0.1, 0.15) is 38.7 Å². The van der Waals surface area contributed by atoms with Crippen LogP contribution in [-0.2, 0) is 6.54 Å². The van der Waals surface area contributed by atoms with E-state index in [1.165, 1.54) is 24.8 Å². The van der Waals surface area contributed by atoms with Gasteiger partial charge < -0.3 is 5.32 Å². The zero-order chi connectivity index (χ0) is 14.2. The lowest BCUT2D eigenvalue weighted by atomic mass is 9.95. The first-order valence-electron chi connectivity index (χ1n) is 7.81. The molecular weight excluding hydrogens is 268 g/mol. The normalized spacial score (nSPS) is 32.0. The summed E-state index contributed by atoms with van der Waals surface area (Å²) in [7, 11) is 0. The molecule has 0 aromatic heterocycles. The van der Waals surface area contributed by atoms with E-state index in [1.807, 2.05) is 12.1 Å². The maximum absolute atomic E-state index is 6.34. The van der Waals surface area contributed by atoms with E-state index in [-0.39, 0.29) is 5.54 Å². The lowest BCUT2D eigenvalue weighted by Gasteiger charge is -2.36. The van der Waals surface area contributed by atoms with Gasteiger partial charge >= 0.3 is 0 Å². The van der Waals surface area contributed by atoms with Crippen molar-refractivity contribution in [2.75, 3.05) is 13.1 Å². The second-order valence-corrected chi connectivity index (χ2v) is 7.16. The second-order valence-electron chi connectivity index (χ2n) is 6.75. The third kappa shape index (κ3) is 3.03. The molecule has 0 spiro atoms. The molecule has 0 amide bonds. The average Bonchev–Trinajstić information content (AvgIpc) is 3.24. The highest BCUT2D eigenvalue weighted by Crippen LogP contribution is 2.41. The van der Waals surface area contributed by atoms with Gasteiger partial charge in [-0.2, -0.15) is 0 Å². The fraction of sp³-hybridized carbons (Fsp3) is 0.647. The van der Waals surface area contributed by atoms with Gasteiger partial charge in [-0.25, -0.2) is 0 Å². The number of hydrogen-bond acceptors (Lipinski definition) is 2. The molecule has 1 aromatic carbocycles. The predicted octanol–water partition coefficient (Wildman–Crippen LogP) is 3.69. The Balaban J connectivity index is 1.77. The fourth-order valence-corrected chi connectivity index (χ4v) is 3.63. The topological polar surface area (TPSA) is 15.3 Å². The summed E-state index contributed by atoms with van der Waals surface area (Å²) in [6, 6.07) is 8.86. The minimum absolute atomic E-state index is 0.284. The van der Waals surface area contributed by atoms with Crippen molar-refractivity contribution >= 4 is 11.6 Å². The molecule has 1 heterocycles. The molecule has 2 aliphatic rings. The molecule has 1 aromatic rings. The lowest BCUT2D eigenvalue weighted by Crippen LogP contribution is -2.51. The van der Waals surface area contributed by atoms with E-state index < -0.39 is 0 Å². The molecule has 3 heteroatoms. The van der Waals surface area contributed by atoms with E-state index in [1.54, 1.807) is 0 Å². The summed E-state index contributed by atoms with van der Waals surface area (Å²) in [5.41, 5.74) is 1.53. The van der Waals surface area contributed by atoms with Crippen molar-refractivity contribution in [1.29, 1.82) is 0 Å². The lowest BCUT2D eigenvalue weighted by molar-refractivity contribution is 0.155. The van der Waals surface area contributed by atoms with E-state index in [9.17, 15) is 0 Å². The number of hydrogen-bond donors (Lipinski definition) is 1. The third-order valence-electron chi connectivity index (χ3n) is 5.06. The van der Waals surface area contributed by atoms with Gasteiger partial charge in [0.15, 0.2) is 0 Å². The quantitative estimate of drug-likeness (QED) is 0.914. The Morgan fingerprint density at radius 1 is 1.30 bits per heavy atom. The molecule has 1 aliphatic heterocycles. The fourth-order valence-electron chi connectivity index (χ4n) is 3.43. The summed E-state index contributed by atoms with van der Waals surface area (Å²) in [5, 5.41) is 4.70. The molecule has 20 heavy (non-hydrogen) atoms. The Morgan fingerprint density at radius 2 is 2.05 bits per heavy atom. The van der Waals surface area contributed by atoms with Gasteiger partial charge in [-0.3, -0.25) is 4.90 Å². The molecule has 1 N–H and O–H groups in total. The van der Waals surface area contributed by atoms with Crippen molar-refractivity contribution in [2.45, 2.75) is 51.2 Å². The first kappa shape index (κ1) is 14.4. The van der Waals surface area contributed by atoms with E-state index in [0.29, 0.717) is 6.04 Å². The zero-order valence-electron chi connectivity index (χ0n) is 12.5. The number of nitrogens with one attached hydrogen (secondary N) is 1. The summed E-state index contributed by atoms with van der Waals surface area (Å²) in [6.07, 6.45) is 3.99. The van der Waals surface area contributed by atoms with E-state index in [0.717, 1.165) is 30.6 Å². The van der Waals surface area contributed by atoms with E-state index in [4.69, 9.17) is 11.6 Å². The van der Waals surface area contributed by atoms with Gasteiger partial charge in [-0.15, -0.1) is 0 Å². The number of nitrogens with zero attached hydrogens (tertiary/aromatic N) is 1. The third-order valence-corrected chi connectivity index (χ3v) is 5.42. The van der Waals surface area contributed by atoms with Gasteiger partial charge in [0.2, 0.25) is 0 Å². The van der Waals surface area contributed by atoms with E-state index >= 15 is 0 Å². The monoisotopic (exact) mass is 292 g/mol. The Bertz CT molecular complexity index is 472. The number of rotatable bonds is 3. The van der Waals surface area contributed by atoms with Crippen LogP contribution in [-0.4, -0.2) is 29.6 Å². The maximum atomic E-state index is 6.34. The molecule has 0 radical (unpaired) electrons. The highest BCUT2D eigenvalue weighted by atomic mass is 35.5. The molecular formula is C17H25ClN2. The second kappa shape index (κ2) is 5.67. The van der Waals surface area contributed by atoms with Crippen molar-refractivity contribution in [3.8, 4) is 0 Å². The highest BCUT2D eigenvalue weighted by Gasteiger charge is 2.43. The molecule has 2 nitrogen and oxygen atoms in total. The highest BCUT2D eigenvalue weighted by molar-refractivity contribution is 6.31. The molecule has 2 unspecified atom stereocenters. The van der Waals surface area contributed by atoms with Crippen LogP contribution in [0.2, 0.25) is 5.02 Å². The summed E-state index contributed by atoms with van der Waals surface area (Å²) in [5.74, 6) is 0.863. The smallest absolute Gasteiger partial charge is 0.0451 e. The number of benzene rings is 1. The van der Waals surface area contributed by atoms with Crippen molar-refractivity contribution in [2.24, 2.45) is 5.92 Å². The summed E-state index contributed by atoms with van der Waals surface area (Å²) < 4.78 is 0. The van der Waals surface area contributed by atoms with Gasteiger partial charge in [0, 0.05) is 29.7 Å². The van der Waals surface area contributed by atoms with Crippen LogP contribution in [0.3, 0.4) is 0 Å². The first-order chi connectivity index (χ1) is 9.58. The van der Waals surface area contributed by atoms with Crippen LogP contribution in [0.5, 0.6) is 0 Å². The van der Waals surface area contributed by atoms with Crippen molar-refractivity contribution < 1.29 is 0 Å². The maximum Gasteiger partial charge on any atom is 0.0451 e. The molecule has 0 bridgehead atoms. The van der Waals surface area contributed by atoms with Crippen LogP contribution in [0.15, 0.2) is 24.3 Å². The number of halogens is 1. The Morgan fingerprint density at radius 3 is 2.75 bits per heavy atom. The van der Waals surface area contributed by atoms with Crippen molar-refractivity contribution in [3.63, 3.8) is 0 Å². The zero-order valence-corrected chi connectivity index (χ0v) is 13.3. The molecule has 1 aliphatic carbocycles. The van der Waals surface area contributed by atoms with Crippen molar-refractivity contribution in [3.05, 3.63) is 34.9 Å². The van der Waals surface area contributed by atoms with Crippen LogP contribution >= 0.6 is 11.6 Å². The molecule has 110 valence electrons. The Kier molecular flexibility index (Phi) is 4.07. The van der Waals surface area contributed by atoms with Gasteiger partial charge in [0.25, 0.3) is 0 Å². The molecule has 2 atom stereocenters. The average molecular weight is 293 g/mol.